The number of hydrogen-bond acceptors (Lipinski definition) is 4. The Labute approximate surface area is 180 Å². The molecule has 0 heterocycles. The third-order valence-corrected chi connectivity index (χ3v) is 5.41. The number of methoxy groups -OCH3 is 1. The molecule has 0 radical (unpaired) electrons. The minimum absolute atomic E-state index is 0.139. The van der Waals surface area contributed by atoms with Crippen LogP contribution < -0.4 is 14.9 Å². The predicted octanol–water partition coefficient (Wildman–Crippen LogP) is 5.29. The van der Waals surface area contributed by atoms with Crippen molar-refractivity contribution in [2.24, 2.45) is 5.10 Å². The van der Waals surface area contributed by atoms with Crippen molar-refractivity contribution in [3.05, 3.63) is 69.1 Å². The molecule has 3 rings (SSSR count). The van der Waals surface area contributed by atoms with Crippen LogP contribution in [0.3, 0.4) is 0 Å². The lowest BCUT2D eigenvalue weighted by molar-refractivity contribution is -0.123. The molecule has 3 aromatic rings. The Balaban J connectivity index is 1.61. The molecule has 0 atom stereocenters. The largest absolute Gasteiger partial charge is 0.497 e. The fourth-order valence-electron chi connectivity index (χ4n) is 2.57. The molecule has 0 saturated carbocycles. The van der Waals surface area contributed by atoms with Gasteiger partial charge in [0.25, 0.3) is 5.91 Å². The van der Waals surface area contributed by atoms with Crippen molar-refractivity contribution in [1.29, 1.82) is 0 Å². The number of amides is 1. The van der Waals surface area contributed by atoms with Crippen molar-refractivity contribution in [2.45, 2.75) is 6.92 Å². The highest BCUT2D eigenvalue weighted by molar-refractivity contribution is 9.11. The van der Waals surface area contributed by atoms with Crippen LogP contribution in [-0.4, -0.2) is 25.3 Å². The van der Waals surface area contributed by atoms with E-state index < -0.39 is 0 Å². The average Bonchev–Trinajstić information content (AvgIpc) is 2.71. The lowest BCUT2D eigenvalue weighted by atomic mass is 10.1. The van der Waals surface area contributed by atoms with Crippen LogP contribution in [0.15, 0.2) is 68.6 Å². The first-order valence-corrected chi connectivity index (χ1v) is 10.0. The topological polar surface area (TPSA) is 59.9 Å². The van der Waals surface area contributed by atoms with E-state index in [0.717, 1.165) is 31.0 Å². The quantitative estimate of drug-likeness (QED) is 0.365. The number of ether oxygens (including phenoxy) is 2. The SMILES string of the molecule is COc1ccc(C(C)=NNC(=O)COc2ccc3cc(Br)ccc3c2Br)cc1. The highest BCUT2D eigenvalue weighted by atomic mass is 79.9. The van der Waals surface area contributed by atoms with Gasteiger partial charge >= 0.3 is 0 Å². The summed E-state index contributed by atoms with van der Waals surface area (Å²) in [6, 6.07) is 17.2. The van der Waals surface area contributed by atoms with Crippen molar-refractivity contribution in [2.75, 3.05) is 13.7 Å². The van der Waals surface area contributed by atoms with Crippen molar-refractivity contribution >= 4 is 54.3 Å². The number of rotatable bonds is 6. The van der Waals surface area contributed by atoms with Crippen LogP contribution in [0, 0.1) is 0 Å². The summed E-state index contributed by atoms with van der Waals surface area (Å²) in [5, 5.41) is 6.20. The number of halogens is 2. The number of hydrogen-bond donors (Lipinski definition) is 1. The summed E-state index contributed by atoms with van der Waals surface area (Å²) in [7, 11) is 1.61. The molecule has 0 unspecified atom stereocenters. The number of nitrogens with one attached hydrogen (secondary N) is 1. The molecule has 5 nitrogen and oxygen atoms in total. The zero-order valence-corrected chi connectivity index (χ0v) is 18.5. The second-order valence-electron chi connectivity index (χ2n) is 5.99. The average molecular weight is 506 g/mol. The third kappa shape index (κ3) is 4.91. The van der Waals surface area contributed by atoms with E-state index in [0.29, 0.717) is 11.5 Å². The molecule has 0 fully saturated rings. The van der Waals surface area contributed by atoms with Gasteiger partial charge < -0.3 is 9.47 Å². The van der Waals surface area contributed by atoms with Gasteiger partial charge in [-0.05, 0) is 81.7 Å². The van der Waals surface area contributed by atoms with Crippen LogP contribution in [-0.2, 0) is 4.79 Å². The predicted molar refractivity (Wildman–Crippen MR) is 118 cm³/mol. The van der Waals surface area contributed by atoms with Crippen molar-refractivity contribution < 1.29 is 14.3 Å². The second-order valence-corrected chi connectivity index (χ2v) is 7.70. The van der Waals surface area contributed by atoms with E-state index in [4.69, 9.17) is 9.47 Å². The van der Waals surface area contributed by atoms with E-state index >= 15 is 0 Å². The maximum Gasteiger partial charge on any atom is 0.277 e. The molecule has 0 aliphatic heterocycles. The van der Waals surface area contributed by atoms with Gasteiger partial charge in [0, 0.05) is 4.47 Å². The zero-order chi connectivity index (χ0) is 20.1. The minimum Gasteiger partial charge on any atom is -0.497 e. The van der Waals surface area contributed by atoms with Gasteiger partial charge in [-0.15, -0.1) is 0 Å². The van der Waals surface area contributed by atoms with Crippen molar-refractivity contribution in [3.8, 4) is 11.5 Å². The fraction of sp³-hybridized carbons (Fsp3) is 0.143. The second kappa shape index (κ2) is 9.21. The van der Waals surface area contributed by atoms with Gasteiger partial charge in [-0.3, -0.25) is 4.79 Å². The van der Waals surface area contributed by atoms with Crippen LogP contribution >= 0.6 is 31.9 Å². The molecule has 0 saturated heterocycles. The van der Waals surface area contributed by atoms with Crippen LogP contribution in [0.5, 0.6) is 11.5 Å². The number of nitrogens with zero attached hydrogens (tertiary/aromatic N) is 1. The standard InChI is InChI=1S/C21H18Br2N2O3/c1-13(14-3-7-17(27-2)8-4-14)24-25-20(26)12-28-19-10-5-15-11-16(22)6-9-18(15)21(19)23/h3-11H,12H2,1-2H3,(H,25,26). The van der Waals surface area contributed by atoms with Gasteiger partial charge in [0.05, 0.1) is 17.3 Å². The Kier molecular flexibility index (Phi) is 6.70. The third-order valence-electron chi connectivity index (χ3n) is 4.10. The summed E-state index contributed by atoms with van der Waals surface area (Å²) in [4.78, 5) is 12.1. The van der Waals surface area contributed by atoms with E-state index in [-0.39, 0.29) is 12.5 Å². The van der Waals surface area contributed by atoms with Gasteiger partial charge in [0.2, 0.25) is 0 Å². The summed E-state index contributed by atoms with van der Waals surface area (Å²) in [6.45, 7) is 1.68. The number of benzene rings is 3. The Morgan fingerprint density at radius 2 is 1.82 bits per heavy atom. The monoisotopic (exact) mass is 504 g/mol. The lowest BCUT2D eigenvalue weighted by Crippen LogP contribution is -2.25. The van der Waals surface area contributed by atoms with Crippen LogP contribution in [0.2, 0.25) is 0 Å². The highest BCUT2D eigenvalue weighted by Crippen LogP contribution is 2.34. The van der Waals surface area contributed by atoms with Gasteiger partial charge in [0.1, 0.15) is 11.5 Å². The molecular formula is C21H18Br2N2O3. The normalized spacial score (nSPS) is 11.4. The van der Waals surface area contributed by atoms with Gasteiger partial charge in [-0.1, -0.05) is 28.1 Å². The Bertz CT molecular complexity index is 1030. The van der Waals surface area contributed by atoms with Crippen molar-refractivity contribution in [3.63, 3.8) is 0 Å². The molecule has 7 heteroatoms. The molecule has 1 amide bonds. The summed E-state index contributed by atoms with van der Waals surface area (Å²) >= 11 is 7.01. The summed E-state index contributed by atoms with van der Waals surface area (Å²) in [5.74, 6) is 1.03. The molecule has 3 aromatic carbocycles. The van der Waals surface area contributed by atoms with Crippen LogP contribution in [0.4, 0.5) is 0 Å². The van der Waals surface area contributed by atoms with E-state index in [1.54, 1.807) is 7.11 Å². The first kappa shape index (κ1) is 20.4. The number of carbonyl (C=O) groups is 1. The highest BCUT2D eigenvalue weighted by Gasteiger charge is 2.09. The molecule has 1 N–H and O–H groups in total. The lowest BCUT2D eigenvalue weighted by Gasteiger charge is -2.10. The molecule has 0 aliphatic rings. The number of fused-ring (bicyclic) bond motifs is 1. The number of carbonyl (C=O) groups excluding carboxylic acids is 1. The summed E-state index contributed by atoms with van der Waals surface area (Å²) in [6.07, 6.45) is 0. The molecule has 0 aromatic heterocycles. The minimum atomic E-state index is -0.337. The molecule has 0 spiro atoms. The summed E-state index contributed by atoms with van der Waals surface area (Å²) in [5.41, 5.74) is 4.10. The van der Waals surface area contributed by atoms with Crippen LogP contribution in [0.1, 0.15) is 12.5 Å². The number of hydrazone groups is 1. The molecule has 28 heavy (non-hydrogen) atoms. The first-order chi connectivity index (χ1) is 13.5. The molecule has 0 aliphatic carbocycles. The van der Waals surface area contributed by atoms with Crippen LogP contribution in [0.25, 0.3) is 10.8 Å². The van der Waals surface area contributed by atoms with E-state index in [1.165, 1.54) is 0 Å². The molecule has 144 valence electrons. The maximum absolute atomic E-state index is 12.1. The summed E-state index contributed by atoms with van der Waals surface area (Å²) < 4.78 is 12.6. The van der Waals surface area contributed by atoms with Crippen molar-refractivity contribution in [1.82, 2.24) is 5.43 Å². The Morgan fingerprint density at radius 1 is 1.07 bits per heavy atom. The van der Waals surface area contributed by atoms with Gasteiger partial charge in [0.15, 0.2) is 6.61 Å². The first-order valence-electron chi connectivity index (χ1n) is 8.46. The fourth-order valence-corrected chi connectivity index (χ4v) is 3.56. The molecular weight excluding hydrogens is 488 g/mol. The van der Waals surface area contributed by atoms with Gasteiger partial charge in [-0.2, -0.15) is 5.10 Å². The maximum atomic E-state index is 12.1. The zero-order valence-electron chi connectivity index (χ0n) is 15.3. The van der Waals surface area contributed by atoms with Gasteiger partial charge in [-0.25, -0.2) is 5.43 Å². The smallest absolute Gasteiger partial charge is 0.277 e. The Hall–Kier alpha value is -2.38. The molecule has 0 bridgehead atoms. The van der Waals surface area contributed by atoms with E-state index in [1.807, 2.05) is 61.5 Å². The Morgan fingerprint density at radius 3 is 2.54 bits per heavy atom. The van der Waals surface area contributed by atoms with E-state index in [2.05, 4.69) is 42.4 Å². The van der Waals surface area contributed by atoms with E-state index in [9.17, 15) is 4.79 Å².